The van der Waals surface area contributed by atoms with Gasteiger partial charge in [-0.1, -0.05) is 48.5 Å². The van der Waals surface area contributed by atoms with Crippen LogP contribution in [0, 0.1) is 3.57 Å². The predicted octanol–water partition coefficient (Wildman–Crippen LogP) is 8.91. The molecule has 0 fully saturated rings. The number of halogens is 1. The first kappa shape index (κ1) is 17.4. The van der Waals surface area contributed by atoms with Gasteiger partial charge < -0.3 is 8.83 Å². The summed E-state index contributed by atoms with van der Waals surface area (Å²) >= 11 is 2.33. The minimum Gasteiger partial charge on any atom is -0.452 e. The zero-order valence-corrected chi connectivity index (χ0v) is 18.5. The van der Waals surface area contributed by atoms with Crippen LogP contribution >= 0.6 is 22.6 Å². The third-order valence-corrected chi connectivity index (χ3v) is 6.86. The van der Waals surface area contributed by atoms with Gasteiger partial charge in [-0.2, -0.15) is 0 Å². The van der Waals surface area contributed by atoms with Gasteiger partial charge in [0, 0.05) is 25.1 Å². The molecular formula is C28H15IO2. The average Bonchev–Trinajstić information content (AvgIpc) is 3.37. The van der Waals surface area contributed by atoms with Crippen LogP contribution in [0.5, 0.6) is 0 Å². The van der Waals surface area contributed by atoms with Crippen molar-refractivity contribution in [2.75, 3.05) is 0 Å². The van der Waals surface area contributed by atoms with Crippen molar-refractivity contribution in [3.05, 3.63) is 94.6 Å². The first-order chi connectivity index (χ1) is 15.3. The van der Waals surface area contributed by atoms with E-state index in [0.29, 0.717) is 0 Å². The SMILES string of the molecule is Ic1ccc(-c2ccc3oc4c(ccc5c4oc4ccc6ccccc6c45)c3c2)cc1. The summed E-state index contributed by atoms with van der Waals surface area (Å²) in [5, 5.41) is 6.85. The van der Waals surface area contributed by atoms with Gasteiger partial charge in [0.25, 0.3) is 0 Å². The normalized spacial score (nSPS) is 12.0. The van der Waals surface area contributed by atoms with Gasteiger partial charge in [-0.05, 0) is 87.0 Å². The van der Waals surface area contributed by atoms with Crippen LogP contribution in [0.1, 0.15) is 0 Å². The van der Waals surface area contributed by atoms with Crippen LogP contribution in [0.3, 0.4) is 0 Å². The molecule has 2 aromatic heterocycles. The Balaban J connectivity index is 1.54. The van der Waals surface area contributed by atoms with Gasteiger partial charge in [-0.15, -0.1) is 0 Å². The van der Waals surface area contributed by atoms with Crippen molar-refractivity contribution >= 4 is 77.2 Å². The number of fused-ring (bicyclic) bond motifs is 9. The molecule has 0 aliphatic carbocycles. The molecule has 0 N–H and O–H groups in total. The molecule has 2 heterocycles. The molecule has 7 aromatic rings. The molecule has 3 heteroatoms. The summed E-state index contributed by atoms with van der Waals surface area (Å²) in [7, 11) is 0. The molecule has 146 valence electrons. The molecule has 0 radical (unpaired) electrons. The van der Waals surface area contributed by atoms with Crippen LogP contribution < -0.4 is 0 Å². The average molecular weight is 510 g/mol. The van der Waals surface area contributed by atoms with E-state index in [1.807, 2.05) is 0 Å². The lowest BCUT2D eigenvalue weighted by Gasteiger charge is -2.02. The summed E-state index contributed by atoms with van der Waals surface area (Å²) in [6.45, 7) is 0. The summed E-state index contributed by atoms with van der Waals surface area (Å²) < 4.78 is 13.9. The lowest BCUT2D eigenvalue weighted by molar-refractivity contribution is 0.633. The van der Waals surface area contributed by atoms with Crippen molar-refractivity contribution in [2.24, 2.45) is 0 Å². The Morgan fingerprint density at radius 1 is 0.516 bits per heavy atom. The van der Waals surface area contributed by atoms with Crippen molar-refractivity contribution in [3.8, 4) is 11.1 Å². The molecule has 0 atom stereocenters. The monoisotopic (exact) mass is 510 g/mol. The number of hydrogen-bond acceptors (Lipinski definition) is 2. The maximum atomic E-state index is 6.34. The van der Waals surface area contributed by atoms with Gasteiger partial charge in [0.2, 0.25) is 0 Å². The lowest BCUT2D eigenvalue weighted by atomic mass is 10.0. The molecule has 0 saturated carbocycles. The topological polar surface area (TPSA) is 26.3 Å². The number of benzene rings is 5. The van der Waals surface area contributed by atoms with E-state index in [1.54, 1.807) is 0 Å². The van der Waals surface area contributed by atoms with Crippen LogP contribution in [0.25, 0.3) is 65.8 Å². The van der Waals surface area contributed by atoms with Crippen molar-refractivity contribution < 1.29 is 8.83 Å². The number of hydrogen-bond donors (Lipinski definition) is 0. The maximum absolute atomic E-state index is 6.34. The highest BCUT2D eigenvalue weighted by molar-refractivity contribution is 14.1. The van der Waals surface area contributed by atoms with Crippen molar-refractivity contribution in [2.45, 2.75) is 0 Å². The van der Waals surface area contributed by atoms with Crippen LogP contribution in [0.4, 0.5) is 0 Å². The van der Waals surface area contributed by atoms with E-state index >= 15 is 0 Å². The highest BCUT2D eigenvalue weighted by Gasteiger charge is 2.17. The van der Waals surface area contributed by atoms with Gasteiger partial charge in [0.15, 0.2) is 11.2 Å². The Bertz CT molecular complexity index is 1790. The quantitative estimate of drug-likeness (QED) is 0.206. The van der Waals surface area contributed by atoms with Gasteiger partial charge in [0.1, 0.15) is 11.2 Å². The molecule has 0 aliphatic rings. The summed E-state index contributed by atoms with van der Waals surface area (Å²) in [6, 6.07) is 31.9. The third-order valence-electron chi connectivity index (χ3n) is 6.14. The largest absolute Gasteiger partial charge is 0.452 e. The zero-order chi connectivity index (χ0) is 20.5. The summed E-state index contributed by atoms with van der Waals surface area (Å²) in [5.41, 5.74) is 5.78. The minimum atomic E-state index is 0.813. The Hall–Kier alpha value is -3.31. The van der Waals surface area contributed by atoms with E-state index in [9.17, 15) is 0 Å². The first-order valence-corrected chi connectivity index (χ1v) is 11.3. The summed E-state index contributed by atoms with van der Waals surface area (Å²) in [5.74, 6) is 0. The highest BCUT2D eigenvalue weighted by Crippen LogP contribution is 2.41. The molecule has 0 amide bonds. The van der Waals surface area contributed by atoms with Crippen LogP contribution in [-0.2, 0) is 0 Å². The third kappa shape index (κ3) is 2.50. The molecule has 0 spiro atoms. The van der Waals surface area contributed by atoms with E-state index < -0.39 is 0 Å². The predicted molar refractivity (Wildman–Crippen MR) is 137 cm³/mol. The minimum absolute atomic E-state index is 0.813. The van der Waals surface area contributed by atoms with E-state index in [0.717, 1.165) is 43.9 Å². The van der Waals surface area contributed by atoms with Gasteiger partial charge in [-0.25, -0.2) is 0 Å². The Morgan fingerprint density at radius 3 is 2.13 bits per heavy atom. The van der Waals surface area contributed by atoms with Crippen LogP contribution in [0.15, 0.2) is 99.8 Å². The van der Waals surface area contributed by atoms with Crippen LogP contribution in [-0.4, -0.2) is 0 Å². The van der Waals surface area contributed by atoms with E-state index in [2.05, 4.69) is 114 Å². The second kappa shape index (κ2) is 6.34. The fraction of sp³-hybridized carbons (Fsp3) is 0. The van der Waals surface area contributed by atoms with E-state index in [4.69, 9.17) is 8.83 Å². The van der Waals surface area contributed by atoms with Crippen LogP contribution in [0.2, 0.25) is 0 Å². The molecule has 0 aliphatic heterocycles. The standard InChI is InChI=1S/C28H15IO2/c29-19-9-5-16(6-10-19)18-8-13-24-23(15-18)21-11-12-22-26-20-4-2-1-3-17(20)7-14-25(26)31-28(22)27(21)30-24/h1-15H. The summed E-state index contributed by atoms with van der Waals surface area (Å²) in [6.07, 6.45) is 0. The Labute approximate surface area is 191 Å². The second-order valence-corrected chi connectivity index (χ2v) is 9.15. The highest BCUT2D eigenvalue weighted by atomic mass is 127. The molecule has 2 nitrogen and oxygen atoms in total. The molecule has 0 unspecified atom stereocenters. The fourth-order valence-electron chi connectivity index (χ4n) is 4.66. The molecule has 0 saturated heterocycles. The Morgan fingerprint density at radius 2 is 1.23 bits per heavy atom. The van der Waals surface area contributed by atoms with E-state index in [-0.39, 0.29) is 0 Å². The molecular weight excluding hydrogens is 495 g/mol. The van der Waals surface area contributed by atoms with Crippen molar-refractivity contribution in [1.82, 2.24) is 0 Å². The number of rotatable bonds is 1. The van der Waals surface area contributed by atoms with Gasteiger partial charge in [0.05, 0.1) is 0 Å². The van der Waals surface area contributed by atoms with Crippen molar-refractivity contribution in [3.63, 3.8) is 0 Å². The molecule has 5 aromatic carbocycles. The molecule has 31 heavy (non-hydrogen) atoms. The maximum Gasteiger partial charge on any atom is 0.178 e. The number of furan rings is 2. The van der Waals surface area contributed by atoms with Gasteiger partial charge in [-0.3, -0.25) is 0 Å². The molecule has 7 rings (SSSR count). The fourth-order valence-corrected chi connectivity index (χ4v) is 5.02. The first-order valence-electron chi connectivity index (χ1n) is 10.2. The van der Waals surface area contributed by atoms with Crippen molar-refractivity contribution in [1.29, 1.82) is 0 Å². The summed E-state index contributed by atoms with van der Waals surface area (Å²) in [4.78, 5) is 0. The lowest BCUT2D eigenvalue weighted by Crippen LogP contribution is -1.78. The molecule has 0 bridgehead atoms. The smallest absolute Gasteiger partial charge is 0.178 e. The zero-order valence-electron chi connectivity index (χ0n) is 16.4. The second-order valence-electron chi connectivity index (χ2n) is 7.90. The van der Waals surface area contributed by atoms with E-state index in [1.165, 1.54) is 25.5 Å². The van der Waals surface area contributed by atoms with Gasteiger partial charge >= 0.3 is 0 Å². The Kier molecular flexibility index (Phi) is 3.56.